The van der Waals surface area contributed by atoms with Crippen LogP contribution in [0.1, 0.15) is 25.8 Å². The maximum Gasteiger partial charge on any atom is 0.220 e. The Kier molecular flexibility index (Phi) is 4.56. The van der Waals surface area contributed by atoms with Gasteiger partial charge in [0, 0.05) is 36.0 Å². The second kappa shape index (κ2) is 6.37. The van der Waals surface area contributed by atoms with Crippen LogP contribution in [0.2, 0.25) is 0 Å². The van der Waals surface area contributed by atoms with Gasteiger partial charge in [0.25, 0.3) is 0 Å². The number of ketones is 1. The van der Waals surface area contributed by atoms with E-state index in [1.165, 1.54) is 17.9 Å². The number of aromatic amines is 1. The fraction of sp³-hybridized carbons (Fsp3) is 0.375. The van der Waals surface area contributed by atoms with Crippen LogP contribution in [0.15, 0.2) is 30.5 Å². The van der Waals surface area contributed by atoms with E-state index in [0.717, 1.165) is 11.9 Å². The average molecular weight is 272 g/mol. The third-order valence-corrected chi connectivity index (χ3v) is 3.58. The molecule has 1 heterocycles. The number of hydrogen-bond donors (Lipinski definition) is 2. The highest BCUT2D eigenvalue weighted by atomic mass is 16.2. The quantitative estimate of drug-likeness (QED) is 0.848. The largest absolute Gasteiger partial charge is 0.361 e. The lowest BCUT2D eigenvalue weighted by Crippen LogP contribution is -2.28. The van der Waals surface area contributed by atoms with E-state index < -0.39 is 0 Å². The Morgan fingerprint density at radius 1 is 1.30 bits per heavy atom. The number of para-hydroxylation sites is 1. The summed E-state index contributed by atoms with van der Waals surface area (Å²) in [6.07, 6.45) is 3.03. The van der Waals surface area contributed by atoms with Crippen molar-refractivity contribution in [3.05, 3.63) is 36.0 Å². The zero-order valence-corrected chi connectivity index (χ0v) is 11.9. The predicted molar refractivity (Wildman–Crippen MR) is 79.5 cm³/mol. The molecule has 106 valence electrons. The summed E-state index contributed by atoms with van der Waals surface area (Å²) in [5, 5.41) is 4.06. The van der Waals surface area contributed by atoms with Crippen LogP contribution in [-0.4, -0.2) is 23.2 Å². The minimum absolute atomic E-state index is 0.0526. The van der Waals surface area contributed by atoms with E-state index in [0.29, 0.717) is 6.54 Å². The summed E-state index contributed by atoms with van der Waals surface area (Å²) >= 11 is 0. The average Bonchev–Trinajstić information content (AvgIpc) is 2.82. The Labute approximate surface area is 118 Å². The van der Waals surface area contributed by atoms with Gasteiger partial charge >= 0.3 is 0 Å². The highest BCUT2D eigenvalue weighted by molar-refractivity contribution is 5.85. The van der Waals surface area contributed by atoms with Gasteiger partial charge in [0.1, 0.15) is 5.78 Å². The maximum atomic E-state index is 11.7. The zero-order valence-electron chi connectivity index (χ0n) is 11.9. The summed E-state index contributed by atoms with van der Waals surface area (Å²) in [6.45, 7) is 3.89. The van der Waals surface area contributed by atoms with Crippen LogP contribution >= 0.6 is 0 Å². The van der Waals surface area contributed by atoms with Crippen molar-refractivity contribution in [3.63, 3.8) is 0 Å². The van der Waals surface area contributed by atoms with Gasteiger partial charge in [-0.05, 0) is 25.0 Å². The Morgan fingerprint density at radius 3 is 2.80 bits per heavy atom. The molecule has 0 radical (unpaired) electrons. The number of Topliss-reactive ketones (excluding diaryl/α,β-unsaturated/α-hetero) is 1. The van der Waals surface area contributed by atoms with E-state index in [2.05, 4.69) is 16.4 Å². The number of nitrogens with one attached hydrogen (secondary N) is 2. The van der Waals surface area contributed by atoms with Gasteiger partial charge in [-0.1, -0.05) is 25.1 Å². The molecule has 1 amide bonds. The number of carbonyl (C=O) groups excluding carboxylic acids is 2. The zero-order chi connectivity index (χ0) is 14.5. The molecule has 0 aliphatic heterocycles. The van der Waals surface area contributed by atoms with Crippen molar-refractivity contribution < 1.29 is 9.59 Å². The van der Waals surface area contributed by atoms with Crippen molar-refractivity contribution in [3.8, 4) is 0 Å². The van der Waals surface area contributed by atoms with Crippen LogP contribution < -0.4 is 5.32 Å². The van der Waals surface area contributed by atoms with Crippen LogP contribution in [0.25, 0.3) is 10.9 Å². The van der Waals surface area contributed by atoms with E-state index in [4.69, 9.17) is 0 Å². The molecule has 20 heavy (non-hydrogen) atoms. The molecule has 0 aliphatic rings. The molecule has 1 unspecified atom stereocenters. The van der Waals surface area contributed by atoms with Gasteiger partial charge in [0.05, 0.1) is 0 Å². The summed E-state index contributed by atoms with van der Waals surface area (Å²) < 4.78 is 0. The topological polar surface area (TPSA) is 62.0 Å². The summed E-state index contributed by atoms with van der Waals surface area (Å²) in [5.41, 5.74) is 2.31. The molecule has 2 rings (SSSR count). The van der Waals surface area contributed by atoms with E-state index in [1.807, 2.05) is 24.4 Å². The van der Waals surface area contributed by atoms with Crippen LogP contribution in [-0.2, 0) is 16.0 Å². The molecule has 1 atom stereocenters. The Hall–Kier alpha value is -2.10. The van der Waals surface area contributed by atoms with Gasteiger partial charge in [0.2, 0.25) is 5.91 Å². The lowest BCUT2D eigenvalue weighted by Gasteiger charge is -2.08. The number of fused-ring (bicyclic) bond motifs is 1. The highest BCUT2D eigenvalue weighted by Gasteiger charge is 2.12. The fourth-order valence-corrected chi connectivity index (χ4v) is 2.17. The molecular weight excluding hydrogens is 252 g/mol. The van der Waals surface area contributed by atoms with Crippen molar-refractivity contribution in [1.82, 2.24) is 10.3 Å². The van der Waals surface area contributed by atoms with E-state index in [1.54, 1.807) is 6.92 Å². The first-order valence-electron chi connectivity index (χ1n) is 6.90. The number of aromatic nitrogens is 1. The van der Waals surface area contributed by atoms with Crippen molar-refractivity contribution in [2.45, 2.75) is 26.7 Å². The monoisotopic (exact) mass is 272 g/mol. The molecule has 0 fully saturated rings. The fourth-order valence-electron chi connectivity index (χ4n) is 2.17. The standard InChI is InChI=1S/C16H20N2O2/c1-11(12(2)19)9-16(20)17-8-7-13-10-18-15-6-4-3-5-14(13)15/h3-6,10-11,18H,7-9H2,1-2H3,(H,17,20). The normalized spacial score (nSPS) is 12.3. The predicted octanol–water partition coefficient (Wildman–Crippen LogP) is 2.44. The van der Waals surface area contributed by atoms with Gasteiger partial charge in [-0.25, -0.2) is 0 Å². The first-order chi connectivity index (χ1) is 9.58. The van der Waals surface area contributed by atoms with Crippen molar-refractivity contribution in [2.24, 2.45) is 5.92 Å². The van der Waals surface area contributed by atoms with Crippen molar-refractivity contribution in [1.29, 1.82) is 0 Å². The second-order valence-electron chi connectivity index (χ2n) is 5.18. The molecule has 1 aromatic carbocycles. The van der Waals surface area contributed by atoms with E-state index in [-0.39, 0.29) is 24.0 Å². The van der Waals surface area contributed by atoms with Gasteiger partial charge in [-0.2, -0.15) is 0 Å². The SMILES string of the molecule is CC(=O)C(C)CC(=O)NCCc1c[nH]c2ccccc12. The summed E-state index contributed by atoms with van der Waals surface area (Å²) in [6, 6.07) is 8.10. The lowest BCUT2D eigenvalue weighted by atomic mass is 10.0. The summed E-state index contributed by atoms with van der Waals surface area (Å²) in [5.74, 6) is -0.215. The van der Waals surface area contributed by atoms with E-state index in [9.17, 15) is 9.59 Å². The lowest BCUT2D eigenvalue weighted by molar-refractivity contribution is -0.127. The van der Waals surface area contributed by atoms with Crippen LogP contribution in [0, 0.1) is 5.92 Å². The molecule has 4 nitrogen and oxygen atoms in total. The molecule has 4 heteroatoms. The number of rotatable bonds is 6. The maximum absolute atomic E-state index is 11.7. The molecule has 0 aliphatic carbocycles. The second-order valence-corrected chi connectivity index (χ2v) is 5.18. The molecule has 0 bridgehead atoms. The number of benzene rings is 1. The van der Waals surface area contributed by atoms with Crippen molar-refractivity contribution in [2.75, 3.05) is 6.54 Å². The first kappa shape index (κ1) is 14.3. The van der Waals surface area contributed by atoms with Gasteiger partial charge < -0.3 is 10.3 Å². The molecule has 2 N–H and O–H groups in total. The van der Waals surface area contributed by atoms with Crippen molar-refractivity contribution >= 4 is 22.6 Å². The van der Waals surface area contributed by atoms with Crippen LogP contribution in [0.3, 0.4) is 0 Å². The first-order valence-corrected chi connectivity index (χ1v) is 6.90. The Morgan fingerprint density at radius 2 is 2.05 bits per heavy atom. The molecule has 1 aromatic heterocycles. The smallest absolute Gasteiger partial charge is 0.220 e. The van der Waals surface area contributed by atoms with Gasteiger partial charge in [0.15, 0.2) is 0 Å². The molecule has 0 saturated carbocycles. The minimum Gasteiger partial charge on any atom is -0.361 e. The Balaban J connectivity index is 1.84. The van der Waals surface area contributed by atoms with Gasteiger partial charge in [-0.3, -0.25) is 9.59 Å². The number of hydrogen-bond acceptors (Lipinski definition) is 2. The Bertz CT molecular complexity index is 616. The molecule has 0 spiro atoms. The number of amides is 1. The molecular formula is C16H20N2O2. The third-order valence-electron chi connectivity index (χ3n) is 3.58. The third kappa shape index (κ3) is 3.47. The minimum atomic E-state index is -0.205. The van der Waals surface area contributed by atoms with Gasteiger partial charge in [-0.15, -0.1) is 0 Å². The number of H-pyrrole nitrogens is 1. The highest BCUT2D eigenvalue weighted by Crippen LogP contribution is 2.17. The molecule has 0 saturated heterocycles. The van der Waals surface area contributed by atoms with Crippen LogP contribution in [0.5, 0.6) is 0 Å². The summed E-state index contributed by atoms with van der Waals surface area (Å²) in [4.78, 5) is 26.0. The van der Waals surface area contributed by atoms with Crippen LogP contribution in [0.4, 0.5) is 0 Å². The van der Waals surface area contributed by atoms with E-state index >= 15 is 0 Å². The summed E-state index contributed by atoms with van der Waals surface area (Å²) in [7, 11) is 0. The molecule has 2 aromatic rings. The number of carbonyl (C=O) groups is 2.